The topological polar surface area (TPSA) is 85.2 Å². The van der Waals surface area contributed by atoms with Crippen molar-refractivity contribution in [3.8, 4) is 11.1 Å². The summed E-state index contributed by atoms with van der Waals surface area (Å²) in [4.78, 5) is 26.6. The van der Waals surface area contributed by atoms with Crippen LogP contribution in [0.2, 0.25) is 0 Å². The molecule has 0 unspecified atom stereocenters. The number of hydrogen-bond acceptors (Lipinski definition) is 4. The molecule has 10 heteroatoms. The highest BCUT2D eigenvalue weighted by molar-refractivity contribution is 7.90. The van der Waals surface area contributed by atoms with Crippen LogP contribution >= 0.6 is 0 Å². The molecule has 6 nitrogen and oxygen atoms in total. The second kappa shape index (κ2) is 9.57. The second-order valence-corrected chi connectivity index (χ2v) is 11.1. The molecule has 1 aromatic heterocycles. The van der Waals surface area contributed by atoms with Gasteiger partial charge in [0.1, 0.15) is 5.56 Å². The molecule has 1 fully saturated rings. The molecule has 0 atom stereocenters. The van der Waals surface area contributed by atoms with Crippen molar-refractivity contribution in [2.75, 3.05) is 6.26 Å². The minimum Gasteiger partial charge on any atom is -0.350 e. The number of pyridine rings is 1. The summed E-state index contributed by atoms with van der Waals surface area (Å²) in [6.45, 7) is 2.27. The van der Waals surface area contributed by atoms with E-state index in [4.69, 9.17) is 0 Å². The lowest BCUT2D eigenvalue weighted by atomic mass is 9.98. The van der Waals surface area contributed by atoms with Gasteiger partial charge in [0.2, 0.25) is 5.43 Å². The van der Waals surface area contributed by atoms with Gasteiger partial charge in [-0.2, -0.15) is 13.2 Å². The van der Waals surface area contributed by atoms with Crippen molar-refractivity contribution < 1.29 is 26.4 Å². The maximum atomic E-state index is 13.4. The van der Waals surface area contributed by atoms with Crippen LogP contribution in [-0.2, 0) is 29.1 Å². The monoisotopic (exact) mass is 518 g/mol. The van der Waals surface area contributed by atoms with Gasteiger partial charge in [-0.05, 0) is 61.1 Å². The molecule has 1 saturated carbocycles. The molecule has 4 rings (SSSR count). The van der Waals surface area contributed by atoms with E-state index >= 15 is 0 Å². The van der Waals surface area contributed by atoms with Crippen molar-refractivity contribution in [3.05, 3.63) is 87.3 Å². The number of rotatable bonds is 7. The Morgan fingerprint density at radius 3 is 2.36 bits per heavy atom. The molecular formula is C26H25F3N2O4S. The van der Waals surface area contributed by atoms with Crippen LogP contribution in [0, 0.1) is 12.8 Å². The number of nitrogens with zero attached hydrogens (tertiary/aromatic N) is 1. The minimum atomic E-state index is -4.57. The highest BCUT2D eigenvalue weighted by Gasteiger charge is 2.31. The fourth-order valence-electron chi connectivity index (χ4n) is 4.01. The number of aromatic nitrogens is 1. The smallest absolute Gasteiger partial charge is 0.350 e. The lowest BCUT2D eigenvalue weighted by Crippen LogP contribution is -2.31. The van der Waals surface area contributed by atoms with Gasteiger partial charge in [0.15, 0.2) is 9.84 Å². The Morgan fingerprint density at radius 2 is 1.78 bits per heavy atom. The highest BCUT2D eigenvalue weighted by atomic mass is 32.2. The van der Waals surface area contributed by atoms with Gasteiger partial charge in [-0.3, -0.25) is 9.59 Å². The van der Waals surface area contributed by atoms with E-state index in [1.807, 2.05) is 0 Å². The number of carbonyl (C=O) groups excluding carboxylic acids is 1. The maximum Gasteiger partial charge on any atom is 0.416 e. The van der Waals surface area contributed by atoms with Crippen LogP contribution in [0.5, 0.6) is 0 Å². The van der Waals surface area contributed by atoms with Crippen LogP contribution in [0.4, 0.5) is 13.2 Å². The fourth-order valence-corrected chi connectivity index (χ4v) is 4.64. The normalized spacial score (nSPS) is 14.0. The summed E-state index contributed by atoms with van der Waals surface area (Å²) in [6.07, 6.45) is 0.00846. The zero-order chi connectivity index (χ0) is 26.3. The molecule has 1 heterocycles. The first kappa shape index (κ1) is 25.7. The molecule has 0 saturated heterocycles. The second-order valence-electron chi connectivity index (χ2n) is 9.11. The first-order chi connectivity index (χ1) is 16.8. The first-order valence-electron chi connectivity index (χ1n) is 11.3. The van der Waals surface area contributed by atoms with Crippen LogP contribution in [0.1, 0.15) is 40.0 Å². The molecule has 0 aliphatic heterocycles. The standard InChI is InChI=1S/C26H25F3N2O4S/c1-16-23(19-4-3-5-20(12-19)26(27,28)29)24(32)22(15-31(16)14-18-6-7-18)25(33)30-13-17-8-10-21(11-9-17)36(2,34)35/h3-5,8-12,15,18H,6-7,13-14H2,1-2H3,(H,30,33). The van der Waals surface area contributed by atoms with E-state index < -0.39 is 32.9 Å². The summed E-state index contributed by atoms with van der Waals surface area (Å²) in [5.41, 5.74) is -0.404. The quantitative estimate of drug-likeness (QED) is 0.496. The zero-order valence-electron chi connectivity index (χ0n) is 19.7. The van der Waals surface area contributed by atoms with Crippen molar-refractivity contribution in [1.82, 2.24) is 9.88 Å². The Balaban J connectivity index is 1.69. The molecule has 2 aromatic carbocycles. The third kappa shape index (κ3) is 5.70. The van der Waals surface area contributed by atoms with Crippen molar-refractivity contribution in [1.29, 1.82) is 0 Å². The van der Waals surface area contributed by atoms with Crippen LogP contribution in [0.25, 0.3) is 11.1 Å². The van der Waals surface area contributed by atoms with Crippen LogP contribution in [0.15, 0.2) is 64.4 Å². The molecule has 3 aromatic rings. The Morgan fingerprint density at radius 1 is 1.11 bits per heavy atom. The Bertz CT molecular complexity index is 1470. The van der Waals surface area contributed by atoms with Gasteiger partial charge < -0.3 is 9.88 Å². The van der Waals surface area contributed by atoms with Crippen LogP contribution < -0.4 is 10.7 Å². The molecular weight excluding hydrogens is 493 g/mol. The summed E-state index contributed by atoms with van der Waals surface area (Å²) < 4.78 is 65.0. The summed E-state index contributed by atoms with van der Waals surface area (Å²) in [6, 6.07) is 10.5. The number of alkyl halides is 3. The summed E-state index contributed by atoms with van der Waals surface area (Å²) in [7, 11) is -3.36. The van der Waals surface area contributed by atoms with Crippen LogP contribution in [-0.4, -0.2) is 25.1 Å². The van der Waals surface area contributed by atoms with Crippen molar-refractivity contribution >= 4 is 15.7 Å². The Kier molecular flexibility index (Phi) is 6.83. The van der Waals surface area contributed by atoms with E-state index in [0.717, 1.165) is 31.2 Å². The van der Waals surface area contributed by atoms with Gasteiger partial charge in [0.05, 0.1) is 10.5 Å². The van der Waals surface area contributed by atoms with E-state index in [0.29, 0.717) is 23.7 Å². The van der Waals surface area contributed by atoms with E-state index in [2.05, 4.69) is 5.32 Å². The van der Waals surface area contributed by atoms with Crippen molar-refractivity contribution in [2.45, 2.75) is 43.9 Å². The summed E-state index contributed by atoms with van der Waals surface area (Å²) in [5, 5.41) is 2.66. The average molecular weight is 519 g/mol. The number of halogens is 3. The van der Waals surface area contributed by atoms with Gasteiger partial charge in [0, 0.05) is 36.8 Å². The number of hydrogen-bond donors (Lipinski definition) is 1. The molecule has 0 spiro atoms. The Hall–Kier alpha value is -3.40. The number of nitrogens with one attached hydrogen (secondary N) is 1. The largest absolute Gasteiger partial charge is 0.416 e. The number of carbonyl (C=O) groups is 1. The van der Waals surface area contributed by atoms with Gasteiger partial charge >= 0.3 is 6.18 Å². The van der Waals surface area contributed by atoms with Gasteiger partial charge in [-0.25, -0.2) is 8.42 Å². The predicted octanol–water partition coefficient (Wildman–Crippen LogP) is 4.59. The van der Waals surface area contributed by atoms with Gasteiger partial charge in [-0.15, -0.1) is 0 Å². The maximum absolute atomic E-state index is 13.4. The third-order valence-corrected chi connectivity index (χ3v) is 7.36. The van der Waals surface area contributed by atoms with E-state index in [1.54, 1.807) is 23.6 Å². The molecule has 36 heavy (non-hydrogen) atoms. The van der Waals surface area contributed by atoms with Crippen LogP contribution in [0.3, 0.4) is 0 Å². The molecule has 1 aliphatic rings. The Labute approximate surface area is 206 Å². The average Bonchev–Trinajstić information content (AvgIpc) is 3.63. The van der Waals surface area contributed by atoms with Crippen molar-refractivity contribution in [3.63, 3.8) is 0 Å². The lowest BCUT2D eigenvalue weighted by Gasteiger charge is -2.18. The minimum absolute atomic E-state index is 0.0394. The van der Waals surface area contributed by atoms with E-state index in [1.165, 1.54) is 30.5 Å². The van der Waals surface area contributed by atoms with E-state index in [-0.39, 0.29) is 28.1 Å². The first-order valence-corrected chi connectivity index (χ1v) is 13.2. The predicted molar refractivity (Wildman–Crippen MR) is 129 cm³/mol. The summed E-state index contributed by atoms with van der Waals surface area (Å²) in [5.74, 6) is -0.269. The molecule has 1 aliphatic carbocycles. The molecule has 1 N–H and O–H groups in total. The molecule has 190 valence electrons. The highest BCUT2D eigenvalue weighted by Crippen LogP contribution is 2.34. The molecule has 0 bridgehead atoms. The third-order valence-electron chi connectivity index (χ3n) is 6.23. The van der Waals surface area contributed by atoms with E-state index in [9.17, 15) is 31.2 Å². The fraction of sp³-hybridized carbons (Fsp3) is 0.308. The number of benzene rings is 2. The SMILES string of the molecule is Cc1c(-c2cccc(C(F)(F)F)c2)c(=O)c(C(=O)NCc2ccc(S(C)(=O)=O)cc2)cn1CC1CC1. The molecule has 0 radical (unpaired) electrons. The van der Waals surface area contributed by atoms with Gasteiger partial charge in [-0.1, -0.05) is 24.3 Å². The summed E-state index contributed by atoms with van der Waals surface area (Å²) >= 11 is 0. The number of sulfone groups is 1. The zero-order valence-corrected chi connectivity index (χ0v) is 20.5. The van der Waals surface area contributed by atoms with Gasteiger partial charge in [0.25, 0.3) is 5.91 Å². The number of amides is 1. The molecule has 1 amide bonds. The van der Waals surface area contributed by atoms with Crippen molar-refractivity contribution in [2.24, 2.45) is 5.92 Å². The lowest BCUT2D eigenvalue weighted by molar-refractivity contribution is -0.137.